The molecule has 5 nitrogen and oxygen atoms in total. The fourth-order valence-electron chi connectivity index (χ4n) is 2.67. The third-order valence-electron chi connectivity index (χ3n) is 4.25. The molecule has 0 aliphatic rings. The molecule has 0 unspecified atom stereocenters. The zero-order valence-electron chi connectivity index (χ0n) is 15.6. The number of rotatable bonds is 5. The molecule has 0 saturated heterocycles. The van der Waals surface area contributed by atoms with Crippen LogP contribution >= 0.6 is 23.2 Å². The fraction of sp³-hybridized carbons (Fsp3) is 0.0909. The summed E-state index contributed by atoms with van der Waals surface area (Å²) in [6.07, 6.45) is 0. The van der Waals surface area contributed by atoms with Crippen LogP contribution in [0.3, 0.4) is 0 Å². The molecule has 0 aliphatic heterocycles. The monoisotopic (exact) mass is 429 g/mol. The molecule has 3 aromatic carbocycles. The zero-order valence-corrected chi connectivity index (χ0v) is 17.1. The summed E-state index contributed by atoms with van der Waals surface area (Å²) in [4.78, 5) is 23.8. The fourth-order valence-corrected chi connectivity index (χ4v) is 3.05. The number of carboxylic acids is 1. The minimum atomic E-state index is -1.04. The highest BCUT2D eigenvalue weighted by Gasteiger charge is 2.17. The van der Waals surface area contributed by atoms with Gasteiger partial charge in [0.1, 0.15) is 11.5 Å². The number of carboxylic acid groups (broad SMARTS) is 1. The Morgan fingerprint density at radius 1 is 0.897 bits per heavy atom. The van der Waals surface area contributed by atoms with Gasteiger partial charge in [0.15, 0.2) is 0 Å². The lowest BCUT2D eigenvalue weighted by atomic mass is 10.1. The third kappa shape index (κ3) is 4.88. The first kappa shape index (κ1) is 20.7. The van der Waals surface area contributed by atoms with Crippen molar-refractivity contribution >= 4 is 40.8 Å². The van der Waals surface area contributed by atoms with Crippen LogP contribution in [-0.2, 0) is 0 Å². The molecule has 7 heteroatoms. The molecule has 1 amide bonds. The lowest BCUT2D eigenvalue weighted by Gasteiger charge is -2.15. The topological polar surface area (TPSA) is 75.6 Å². The molecule has 0 aliphatic carbocycles. The van der Waals surface area contributed by atoms with Crippen LogP contribution < -0.4 is 10.1 Å². The number of hydrogen-bond acceptors (Lipinski definition) is 3. The second-order valence-corrected chi connectivity index (χ2v) is 7.29. The van der Waals surface area contributed by atoms with Gasteiger partial charge in [-0.25, -0.2) is 4.79 Å². The Labute approximate surface area is 177 Å². The average molecular weight is 430 g/mol. The van der Waals surface area contributed by atoms with Crippen LogP contribution in [0.2, 0.25) is 10.0 Å². The summed E-state index contributed by atoms with van der Waals surface area (Å²) in [6, 6.07) is 14.3. The van der Waals surface area contributed by atoms with Crippen LogP contribution in [0.15, 0.2) is 54.6 Å². The van der Waals surface area contributed by atoms with Crippen LogP contribution in [0.25, 0.3) is 0 Å². The molecule has 0 heterocycles. The summed E-state index contributed by atoms with van der Waals surface area (Å²) >= 11 is 12.2. The highest BCUT2D eigenvalue weighted by molar-refractivity contribution is 6.31. The summed E-state index contributed by atoms with van der Waals surface area (Å²) < 4.78 is 5.96. The molecule has 0 fully saturated rings. The standard InChI is InChI=1S/C22H17Cl2NO4/c1-12-10-17(21(26)25-16-6-3-14(4-7-16)22(27)28)20(11-18(12)24)29-19-8-5-15(23)9-13(19)2/h3-11H,1-2H3,(H,25,26)(H,27,28). The lowest BCUT2D eigenvalue weighted by Crippen LogP contribution is -2.13. The number of benzene rings is 3. The van der Waals surface area contributed by atoms with E-state index < -0.39 is 11.9 Å². The Balaban J connectivity index is 1.92. The third-order valence-corrected chi connectivity index (χ3v) is 4.89. The first-order valence-electron chi connectivity index (χ1n) is 8.63. The molecule has 0 aromatic heterocycles. The van der Waals surface area contributed by atoms with Crippen molar-refractivity contribution in [3.8, 4) is 11.5 Å². The van der Waals surface area contributed by atoms with Gasteiger partial charge in [-0.05, 0) is 73.5 Å². The number of carbonyl (C=O) groups excluding carboxylic acids is 1. The number of hydrogen-bond donors (Lipinski definition) is 2. The van der Waals surface area contributed by atoms with Gasteiger partial charge in [0.25, 0.3) is 5.91 Å². The molecule has 0 radical (unpaired) electrons. The van der Waals surface area contributed by atoms with Crippen molar-refractivity contribution in [2.45, 2.75) is 13.8 Å². The van der Waals surface area contributed by atoms with Gasteiger partial charge in [0.2, 0.25) is 0 Å². The highest BCUT2D eigenvalue weighted by atomic mass is 35.5. The summed E-state index contributed by atoms with van der Waals surface area (Å²) in [5, 5.41) is 12.8. The molecule has 29 heavy (non-hydrogen) atoms. The number of halogens is 2. The van der Waals surface area contributed by atoms with Gasteiger partial charge in [-0.3, -0.25) is 4.79 Å². The number of anilines is 1. The Morgan fingerprint density at radius 2 is 1.59 bits per heavy atom. The SMILES string of the molecule is Cc1cc(C(=O)Nc2ccc(C(=O)O)cc2)c(Oc2ccc(Cl)cc2C)cc1Cl. The van der Waals surface area contributed by atoms with Gasteiger partial charge in [0, 0.05) is 21.8 Å². The van der Waals surface area contributed by atoms with Crippen molar-refractivity contribution in [2.75, 3.05) is 5.32 Å². The maximum absolute atomic E-state index is 12.9. The second kappa shape index (κ2) is 8.55. The summed E-state index contributed by atoms with van der Waals surface area (Å²) in [5.41, 5.74) is 2.42. The van der Waals surface area contributed by atoms with E-state index in [-0.39, 0.29) is 5.56 Å². The van der Waals surface area contributed by atoms with Crippen molar-refractivity contribution in [1.82, 2.24) is 0 Å². The number of aromatic carboxylic acids is 1. The van der Waals surface area contributed by atoms with Crippen LogP contribution in [0.1, 0.15) is 31.8 Å². The van der Waals surface area contributed by atoms with E-state index in [2.05, 4.69) is 5.32 Å². The molecule has 148 valence electrons. The van der Waals surface area contributed by atoms with E-state index in [1.807, 2.05) is 6.92 Å². The van der Waals surface area contributed by atoms with Gasteiger partial charge in [-0.2, -0.15) is 0 Å². The first-order valence-corrected chi connectivity index (χ1v) is 9.39. The number of aryl methyl sites for hydroxylation is 2. The van der Waals surface area contributed by atoms with Gasteiger partial charge < -0.3 is 15.2 Å². The van der Waals surface area contributed by atoms with Crippen LogP contribution in [0.5, 0.6) is 11.5 Å². The smallest absolute Gasteiger partial charge is 0.335 e. The van der Waals surface area contributed by atoms with Crippen molar-refractivity contribution in [3.05, 3.63) is 86.9 Å². The molecule has 0 spiro atoms. The van der Waals surface area contributed by atoms with E-state index in [0.717, 1.165) is 11.1 Å². The van der Waals surface area contributed by atoms with Crippen molar-refractivity contribution in [1.29, 1.82) is 0 Å². The summed E-state index contributed by atoms with van der Waals surface area (Å²) in [6.45, 7) is 3.64. The van der Waals surface area contributed by atoms with E-state index >= 15 is 0 Å². The maximum Gasteiger partial charge on any atom is 0.335 e. The van der Waals surface area contributed by atoms with E-state index in [1.54, 1.807) is 37.3 Å². The molecule has 3 rings (SSSR count). The van der Waals surface area contributed by atoms with Crippen LogP contribution in [0.4, 0.5) is 5.69 Å². The average Bonchev–Trinajstić information content (AvgIpc) is 2.67. The normalized spacial score (nSPS) is 10.5. The van der Waals surface area contributed by atoms with Gasteiger partial charge in [-0.15, -0.1) is 0 Å². The van der Waals surface area contributed by atoms with E-state index in [0.29, 0.717) is 32.8 Å². The summed E-state index contributed by atoms with van der Waals surface area (Å²) in [7, 11) is 0. The number of nitrogens with one attached hydrogen (secondary N) is 1. The molecule has 0 atom stereocenters. The Bertz CT molecular complexity index is 1090. The van der Waals surface area contributed by atoms with E-state index in [9.17, 15) is 9.59 Å². The van der Waals surface area contributed by atoms with Gasteiger partial charge >= 0.3 is 5.97 Å². The minimum absolute atomic E-state index is 0.132. The Kier molecular flexibility index (Phi) is 6.11. The molecular formula is C22H17Cl2NO4. The van der Waals surface area contributed by atoms with Gasteiger partial charge in [0.05, 0.1) is 11.1 Å². The van der Waals surface area contributed by atoms with Crippen LogP contribution in [0, 0.1) is 13.8 Å². The lowest BCUT2D eigenvalue weighted by molar-refractivity contribution is 0.0696. The van der Waals surface area contributed by atoms with E-state index in [1.165, 1.54) is 24.3 Å². The zero-order chi connectivity index (χ0) is 21.1. The Hall–Kier alpha value is -3.02. The largest absolute Gasteiger partial charge is 0.478 e. The van der Waals surface area contributed by atoms with E-state index in [4.69, 9.17) is 33.0 Å². The van der Waals surface area contributed by atoms with Gasteiger partial charge in [-0.1, -0.05) is 23.2 Å². The molecule has 2 N–H and O–H groups in total. The van der Waals surface area contributed by atoms with Crippen LogP contribution in [-0.4, -0.2) is 17.0 Å². The molecule has 0 bridgehead atoms. The predicted molar refractivity (Wildman–Crippen MR) is 114 cm³/mol. The first-order chi connectivity index (χ1) is 13.7. The van der Waals surface area contributed by atoms with Crippen molar-refractivity contribution in [3.63, 3.8) is 0 Å². The van der Waals surface area contributed by atoms with Crippen molar-refractivity contribution < 1.29 is 19.4 Å². The molecule has 3 aromatic rings. The number of amides is 1. The predicted octanol–water partition coefficient (Wildman–Crippen LogP) is 6.35. The Morgan fingerprint density at radius 3 is 2.21 bits per heavy atom. The molecular weight excluding hydrogens is 413 g/mol. The highest BCUT2D eigenvalue weighted by Crippen LogP contribution is 2.33. The quantitative estimate of drug-likeness (QED) is 0.494. The number of ether oxygens (including phenoxy) is 1. The second-order valence-electron chi connectivity index (χ2n) is 6.45. The maximum atomic E-state index is 12.9. The minimum Gasteiger partial charge on any atom is -0.478 e. The van der Waals surface area contributed by atoms with Crippen molar-refractivity contribution in [2.24, 2.45) is 0 Å². The number of carbonyl (C=O) groups is 2. The summed E-state index contributed by atoms with van der Waals surface area (Å²) in [5.74, 6) is -0.598. The molecule has 0 saturated carbocycles.